The number of nitrogens with zero attached hydrogens (tertiary/aromatic N) is 6. The monoisotopic (exact) mass is 520 g/mol. The lowest BCUT2D eigenvalue weighted by molar-refractivity contribution is -0.385. The van der Waals surface area contributed by atoms with Gasteiger partial charge in [0.15, 0.2) is 17.7 Å². The van der Waals surface area contributed by atoms with Gasteiger partial charge in [-0.3, -0.25) is 35.0 Å². The first-order chi connectivity index (χ1) is 18.8. The number of aromatic nitrogens is 2. The number of hydrogen-bond acceptors (Lipinski definition) is 7. The number of nitro groups is 2. The zero-order chi connectivity index (χ0) is 28.6. The number of carbonyl (C=O) groups is 1. The first-order valence-electron chi connectivity index (χ1n) is 11.0. The van der Waals surface area contributed by atoms with Crippen LogP contribution in [0, 0.1) is 40.3 Å². The number of benzene rings is 2. The Bertz CT molecular complexity index is 1560. The van der Waals surface area contributed by atoms with Gasteiger partial charge in [0, 0.05) is 35.7 Å². The lowest BCUT2D eigenvalue weighted by atomic mass is 10.1. The average Bonchev–Trinajstić information content (AvgIpc) is 2.97. The Labute approximate surface area is 223 Å². The Morgan fingerprint density at radius 3 is 1.74 bits per heavy atom. The van der Waals surface area contributed by atoms with Crippen molar-refractivity contribution in [3.05, 3.63) is 151 Å². The molecule has 39 heavy (non-hydrogen) atoms. The molecule has 0 aliphatic carbocycles. The highest BCUT2D eigenvalue weighted by Gasteiger charge is 2.12. The van der Waals surface area contributed by atoms with E-state index >= 15 is 0 Å². The smallest absolute Gasteiger partial charge is 0.266 e. The Kier molecular flexibility index (Phi) is 11.3. The van der Waals surface area contributed by atoms with E-state index < -0.39 is 9.85 Å². The van der Waals surface area contributed by atoms with E-state index in [0.29, 0.717) is 28.2 Å². The van der Waals surface area contributed by atoms with Crippen LogP contribution in [0.3, 0.4) is 0 Å². The number of pyridine rings is 2. The maximum absolute atomic E-state index is 11.0. The molecule has 0 spiro atoms. The molecular formula is C28H20N6O5. The first kappa shape index (κ1) is 29.2. The van der Waals surface area contributed by atoms with Crippen molar-refractivity contribution in [3.8, 4) is 0 Å². The summed E-state index contributed by atoms with van der Waals surface area (Å²) in [6.45, 7) is 15.2. The molecule has 2 heterocycles. The molecule has 192 valence electrons. The molecule has 0 radical (unpaired) electrons. The van der Waals surface area contributed by atoms with Crippen LogP contribution in [0.25, 0.3) is 21.8 Å². The molecule has 0 N–H and O–H groups in total. The molecule has 0 amide bonds. The standard InChI is InChI=1S/C14H9N3O2.C8H6N2O2.C6H5NO/c1-15-13-8-6-11(14(10-13)17(18)19)5-7-12-4-2-3-9-16-12;1-6-3-4-7(9-2)5-8(6)10(11)12;8-5-6-3-1-2-4-7-6/h2-10H;3-5H,1H3;1-5H/b7-5+;;. The summed E-state index contributed by atoms with van der Waals surface area (Å²) in [5, 5.41) is 21.3. The Balaban J connectivity index is 0.000000227. The summed E-state index contributed by atoms with van der Waals surface area (Å²) in [6, 6.07) is 19.4. The van der Waals surface area contributed by atoms with E-state index in [1.54, 1.807) is 86.1 Å². The van der Waals surface area contributed by atoms with Crippen LogP contribution in [0.1, 0.15) is 27.3 Å². The summed E-state index contributed by atoms with van der Waals surface area (Å²) in [4.78, 5) is 44.4. The Morgan fingerprint density at radius 2 is 1.28 bits per heavy atom. The number of carbonyl (C=O) groups excluding carboxylic acids is 1. The molecule has 0 fully saturated rings. The number of hydrogen-bond donors (Lipinski definition) is 0. The molecule has 0 saturated heterocycles. The molecule has 11 heteroatoms. The molecule has 0 saturated carbocycles. The second-order valence-electron chi connectivity index (χ2n) is 7.41. The van der Waals surface area contributed by atoms with Gasteiger partial charge in [-0.1, -0.05) is 36.4 Å². The van der Waals surface area contributed by atoms with Crippen molar-refractivity contribution in [1.82, 2.24) is 9.97 Å². The summed E-state index contributed by atoms with van der Waals surface area (Å²) in [6.07, 6.45) is 7.27. The predicted octanol–water partition coefficient (Wildman–Crippen LogP) is 7.06. The van der Waals surface area contributed by atoms with Gasteiger partial charge >= 0.3 is 0 Å². The van der Waals surface area contributed by atoms with Crippen LogP contribution in [0.2, 0.25) is 0 Å². The van der Waals surface area contributed by atoms with Crippen molar-refractivity contribution in [1.29, 1.82) is 0 Å². The van der Waals surface area contributed by atoms with Gasteiger partial charge in [-0.2, -0.15) is 0 Å². The molecule has 0 bridgehead atoms. The average molecular weight is 521 g/mol. The van der Waals surface area contributed by atoms with E-state index in [2.05, 4.69) is 19.7 Å². The minimum atomic E-state index is -0.493. The number of nitro benzene ring substituents is 2. The van der Waals surface area contributed by atoms with Gasteiger partial charge in [-0.05, 0) is 43.3 Å². The third kappa shape index (κ3) is 9.48. The maximum Gasteiger partial charge on any atom is 0.266 e. The van der Waals surface area contributed by atoms with Gasteiger partial charge in [-0.15, -0.1) is 0 Å². The largest absolute Gasteiger partial charge is 0.296 e. The second-order valence-corrected chi connectivity index (χ2v) is 7.41. The van der Waals surface area contributed by atoms with Crippen LogP contribution >= 0.6 is 0 Å². The fraction of sp³-hybridized carbons (Fsp3) is 0.0357. The van der Waals surface area contributed by atoms with Crippen molar-refractivity contribution in [2.75, 3.05) is 0 Å². The van der Waals surface area contributed by atoms with E-state index in [-0.39, 0.29) is 17.1 Å². The van der Waals surface area contributed by atoms with E-state index in [4.69, 9.17) is 13.1 Å². The second kappa shape index (κ2) is 15.1. The van der Waals surface area contributed by atoms with Gasteiger partial charge < -0.3 is 0 Å². The van der Waals surface area contributed by atoms with E-state index in [1.807, 2.05) is 6.07 Å². The van der Waals surface area contributed by atoms with E-state index in [9.17, 15) is 25.0 Å². The summed E-state index contributed by atoms with van der Waals surface area (Å²) < 4.78 is 0. The fourth-order valence-electron chi connectivity index (χ4n) is 2.86. The maximum atomic E-state index is 11.0. The van der Waals surface area contributed by atoms with Crippen molar-refractivity contribution in [2.45, 2.75) is 6.92 Å². The SMILES string of the molecule is O=Cc1ccccn1.[C-]#[N+]c1ccc(/C=C/c2ccccn2)c([N+](=O)[O-])c1.[C-]#[N+]c1ccc(C)c([N+](=O)[O-])c1. The summed E-state index contributed by atoms with van der Waals surface area (Å²) in [7, 11) is 0. The first-order valence-corrected chi connectivity index (χ1v) is 11.0. The molecule has 2 aromatic carbocycles. The summed E-state index contributed by atoms with van der Waals surface area (Å²) in [5.74, 6) is 0. The fourth-order valence-corrected chi connectivity index (χ4v) is 2.86. The topological polar surface area (TPSA) is 138 Å². The van der Waals surface area contributed by atoms with Crippen molar-refractivity contribution >= 4 is 41.2 Å². The molecule has 0 aliphatic rings. The molecule has 0 aliphatic heterocycles. The minimum absolute atomic E-state index is 0.00324. The molecule has 2 aromatic heterocycles. The number of aryl methyl sites for hydroxylation is 1. The van der Waals surface area contributed by atoms with Gasteiger partial charge in [0.1, 0.15) is 5.69 Å². The van der Waals surface area contributed by atoms with Crippen LogP contribution < -0.4 is 0 Å². The van der Waals surface area contributed by atoms with Gasteiger partial charge in [0.2, 0.25) is 0 Å². The van der Waals surface area contributed by atoms with Crippen LogP contribution in [0.15, 0.2) is 85.2 Å². The lowest BCUT2D eigenvalue weighted by Crippen LogP contribution is -1.90. The van der Waals surface area contributed by atoms with Crippen LogP contribution in [-0.2, 0) is 0 Å². The van der Waals surface area contributed by atoms with E-state index in [1.165, 1.54) is 12.1 Å². The van der Waals surface area contributed by atoms with Crippen molar-refractivity contribution < 1.29 is 14.6 Å². The zero-order valence-electron chi connectivity index (χ0n) is 20.5. The minimum Gasteiger partial charge on any atom is -0.296 e. The molecule has 4 aromatic rings. The third-order valence-electron chi connectivity index (χ3n) is 4.79. The van der Waals surface area contributed by atoms with Gasteiger partial charge in [0.25, 0.3) is 11.4 Å². The molecule has 0 atom stereocenters. The Hall–Kier alpha value is -6.07. The van der Waals surface area contributed by atoms with Crippen LogP contribution in [0.5, 0.6) is 0 Å². The van der Waals surface area contributed by atoms with Gasteiger partial charge in [0.05, 0.1) is 28.7 Å². The molecule has 4 rings (SSSR count). The summed E-state index contributed by atoms with van der Waals surface area (Å²) >= 11 is 0. The summed E-state index contributed by atoms with van der Waals surface area (Å²) in [5.41, 5.74) is 2.69. The van der Waals surface area contributed by atoms with Crippen LogP contribution in [-0.4, -0.2) is 26.1 Å². The molecular weight excluding hydrogens is 500 g/mol. The highest BCUT2D eigenvalue weighted by Crippen LogP contribution is 2.26. The van der Waals surface area contributed by atoms with Crippen LogP contribution in [0.4, 0.5) is 22.7 Å². The normalized spacial score (nSPS) is 9.51. The van der Waals surface area contributed by atoms with Crippen molar-refractivity contribution in [2.24, 2.45) is 0 Å². The van der Waals surface area contributed by atoms with E-state index in [0.717, 1.165) is 6.29 Å². The van der Waals surface area contributed by atoms with Crippen molar-refractivity contribution in [3.63, 3.8) is 0 Å². The number of rotatable bonds is 5. The third-order valence-corrected chi connectivity index (χ3v) is 4.79. The highest BCUT2D eigenvalue weighted by molar-refractivity contribution is 5.75. The molecule has 11 nitrogen and oxygen atoms in total. The Morgan fingerprint density at radius 1 is 0.744 bits per heavy atom. The molecule has 0 unspecified atom stereocenters. The predicted molar refractivity (Wildman–Crippen MR) is 146 cm³/mol. The highest BCUT2D eigenvalue weighted by atomic mass is 16.6. The number of aldehydes is 1. The lowest BCUT2D eigenvalue weighted by Gasteiger charge is -1.98. The van der Waals surface area contributed by atoms with Gasteiger partial charge in [-0.25, -0.2) is 9.69 Å². The quantitative estimate of drug-likeness (QED) is 0.119. The zero-order valence-corrected chi connectivity index (χ0v) is 20.5.